The van der Waals surface area contributed by atoms with Crippen LogP contribution in [0.25, 0.3) is 0 Å². The molecule has 4 rings (SSSR count). The van der Waals surface area contributed by atoms with Crippen LogP contribution in [0.3, 0.4) is 0 Å². The first-order valence-electron chi connectivity index (χ1n) is 6.99. The summed E-state index contributed by atoms with van der Waals surface area (Å²) in [6.45, 7) is 2.16. The number of hydrogen-bond donors (Lipinski definition) is 0. The van der Waals surface area contributed by atoms with Crippen LogP contribution < -0.4 is 5.32 Å². The fourth-order valence-electron chi connectivity index (χ4n) is 3.94. The van der Waals surface area contributed by atoms with Crippen molar-refractivity contribution in [3.8, 4) is 0 Å². The average Bonchev–Trinajstić information content (AvgIpc) is 3.00. The zero-order chi connectivity index (χ0) is 12.1. The minimum absolute atomic E-state index is 0.0904. The normalized spacial score (nSPS) is 34.8. The van der Waals surface area contributed by atoms with E-state index in [0.29, 0.717) is 18.1 Å². The van der Waals surface area contributed by atoms with Crippen molar-refractivity contribution in [2.75, 3.05) is 13.1 Å². The van der Waals surface area contributed by atoms with Gasteiger partial charge in [0.05, 0.1) is 0 Å². The highest BCUT2D eigenvalue weighted by Crippen LogP contribution is 2.32. The first kappa shape index (κ1) is 10.9. The second-order valence-corrected chi connectivity index (χ2v) is 5.91. The summed E-state index contributed by atoms with van der Waals surface area (Å²) >= 11 is 0. The highest BCUT2D eigenvalue weighted by atomic mass is 19.1. The zero-order valence-corrected chi connectivity index (χ0v) is 10.5. The van der Waals surface area contributed by atoms with E-state index in [0.717, 1.165) is 25.9 Å². The lowest BCUT2D eigenvalue weighted by Gasteiger charge is -2.37. The molecule has 18 heavy (non-hydrogen) atoms. The van der Waals surface area contributed by atoms with E-state index in [1.807, 2.05) is 6.07 Å². The van der Waals surface area contributed by atoms with Gasteiger partial charge < -0.3 is 0 Å². The van der Waals surface area contributed by atoms with Gasteiger partial charge in [0.1, 0.15) is 5.82 Å². The summed E-state index contributed by atoms with van der Waals surface area (Å²) in [6, 6.07) is 7.17. The number of benzene rings is 1. The predicted molar refractivity (Wildman–Crippen MR) is 68.1 cm³/mol. The lowest BCUT2D eigenvalue weighted by molar-refractivity contribution is 0.144. The molecule has 1 aromatic rings. The Morgan fingerprint density at radius 2 is 2.17 bits per heavy atom. The van der Waals surface area contributed by atoms with E-state index < -0.39 is 0 Å². The van der Waals surface area contributed by atoms with Crippen molar-refractivity contribution in [1.82, 2.24) is 10.2 Å². The lowest BCUT2D eigenvalue weighted by atomic mass is 9.87. The molecule has 0 amide bonds. The molecule has 0 saturated carbocycles. The van der Waals surface area contributed by atoms with Crippen LogP contribution in [-0.4, -0.2) is 36.1 Å². The van der Waals surface area contributed by atoms with E-state index in [4.69, 9.17) is 0 Å². The van der Waals surface area contributed by atoms with Gasteiger partial charge in [0.15, 0.2) is 0 Å². The van der Waals surface area contributed by atoms with Crippen LogP contribution >= 0.6 is 0 Å². The molecule has 0 N–H and O–H groups in total. The maximum absolute atomic E-state index is 13.3. The number of halogens is 1. The number of fused-ring (bicyclic) bond motifs is 3. The molecule has 2 heterocycles. The van der Waals surface area contributed by atoms with Gasteiger partial charge in [0, 0.05) is 31.2 Å². The third-order valence-corrected chi connectivity index (χ3v) is 4.85. The van der Waals surface area contributed by atoms with Gasteiger partial charge in [0.2, 0.25) is 0 Å². The highest BCUT2D eigenvalue weighted by molar-refractivity contribution is 5.31. The second-order valence-electron chi connectivity index (χ2n) is 5.91. The van der Waals surface area contributed by atoms with Crippen LogP contribution in [0.1, 0.15) is 24.0 Å². The van der Waals surface area contributed by atoms with Crippen LogP contribution in [0.5, 0.6) is 0 Å². The van der Waals surface area contributed by atoms with Gasteiger partial charge >= 0.3 is 0 Å². The van der Waals surface area contributed by atoms with Crippen LogP contribution in [0.15, 0.2) is 18.2 Å². The molecule has 2 bridgehead atoms. The van der Waals surface area contributed by atoms with E-state index in [1.165, 1.54) is 24.0 Å². The first-order chi connectivity index (χ1) is 8.79. The molecule has 95 valence electrons. The SMILES string of the molecule is Fc1ccc2c(c1)CC(N1CC3CC1C[N]3)CC2. The Bertz CT molecular complexity index is 474. The Kier molecular flexibility index (Phi) is 2.45. The number of rotatable bonds is 1. The minimum Gasteiger partial charge on any atom is -0.294 e. The van der Waals surface area contributed by atoms with Gasteiger partial charge in [0.25, 0.3) is 0 Å². The monoisotopic (exact) mass is 245 g/mol. The third-order valence-electron chi connectivity index (χ3n) is 4.85. The molecule has 0 aromatic heterocycles. The summed E-state index contributed by atoms with van der Waals surface area (Å²) in [5, 5.41) is 4.61. The molecular weight excluding hydrogens is 227 g/mol. The Labute approximate surface area is 107 Å². The van der Waals surface area contributed by atoms with Gasteiger partial charge in [-0.2, -0.15) is 0 Å². The van der Waals surface area contributed by atoms with Gasteiger partial charge in [-0.05, 0) is 48.9 Å². The van der Waals surface area contributed by atoms with Crippen LogP contribution in [0.2, 0.25) is 0 Å². The summed E-state index contributed by atoms with van der Waals surface area (Å²) < 4.78 is 13.3. The molecule has 2 fully saturated rings. The molecule has 0 spiro atoms. The molecule has 1 aromatic carbocycles. The van der Waals surface area contributed by atoms with E-state index >= 15 is 0 Å². The minimum atomic E-state index is -0.0904. The first-order valence-corrected chi connectivity index (χ1v) is 6.99. The molecule has 3 aliphatic rings. The molecule has 3 atom stereocenters. The maximum Gasteiger partial charge on any atom is 0.123 e. The molecule has 3 unspecified atom stereocenters. The fraction of sp³-hybridized carbons (Fsp3) is 0.600. The van der Waals surface area contributed by atoms with Crippen molar-refractivity contribution < 1.29 is 4.39 Å². The number of nitrogens with zero attached hydrogens (tertiary/aromatic N) is 2. The summed E-state index contributed by atoms with van der Waals surface area (Å²) in [4.78, 5) is 2.64. The topological polar surface area (TPSA) is 17.3 Å². The van der Waals surface area contributed by atoms with Crippen LogP contribution in [0.4, 0.5) is 4.39 Å². The summed E-state index contributed by atoms with van der Waals surface area (Å²) in [6.07, 6.45) is 4.61. The van der Waals surface area contributed by atoms with E-state index in [1.54, 1.807) is 12.1 Å². The van der Waals surface area contributed by atoms with Gasteiger partial charge in [-0.15, -0.1) is 0 Å². The van der Waals surface area contributed by atoms with Crippen molar-refractivity contribution >= 4 is 0 Å². The largest absolute Gasteiger partial charge is 0.294 e. The Hall–Kier alpha value is -0.930. The lowest BCUT2D eigenvalue weighted by Crippen LogP contribution is -2.48. The Balaban J connectivity index is 1.56. The van der Waals surface area contributed by atoms with E-state index in [2.05, 4.69) is 10.2 Å². The maximum atomic E-state index is 13.3. The molecule has 1 radical (unpaired) electrons. The molecule has 1 aliphatic carbocycles. The molecular formula is C15H18FN2. The van der Waals surface area contributed by atoms with Crippen LogP contribution in [-0.2, 0) is 12.8 Å². The van der Waals surface area contributed by atoms with Crippen molar-refractivity contribution in [2.24, 2.45) is 0 Å². The van der Waals surface area contributed by atoms with Crippen molar-refractivity contribution in [1.29, 1.82) is 0 Å². The number of piperazine rings is 1. The molecule has 2 aliphatic heterocycles. The number of likely N-dealkylation sites (tertiary alicyclic amines) is 1. The standard InChI is InChI=1S/C15H18FN2/c16-12-3-1-10-2-4-14(6-11(10)5-12)18-9-13-7-15(18)8-17-13/h1,3,5,13-15H,2,4,6-9H2. The number of hydrogen-bond acceptors (Lipinski definition) is 1. The van der Waals surface area contributed by atoms with Crippen molar-refractivity contribution in [3.63, 3.8) is 0 Å². The number of aryl methyl sites for hydroxylation is 1. The molecule has 2 nitrogen and oxygen atoms in total. The zero-order valence-electron chi connectivity index (χ0n) is 10.5. The molecule has 3 heteroatoms. The van der Waals surface area contributed by atoms with Crippen LogP contribution in [0, 0.1) is 5.82 Å². The average molecular weight is 245 g/mol. The highest BCUT2D eigenvalue weighted by Gasteiger charge is 2.42. The Morgan fingerprint density at radius 1 is 1.22 bits per heavy atom. The van der Waals surface area contributed by atoms with Crippen molar-refractivity contribution in [3.05, 3.63) is 35.1 Å². The summed E-state index contributed by atoms with van der Waals surface area (Å²) in [5.74, 6) is -0.0904. The second kappa shape index (κ2) is 4.04. The van der Waals surface area contributed by atoms with Gasteiger partial charge in [-0.3, -0.25) is 4.90 Å². The smallest absolute Gasteiger partial charge is 0.123 e. The van der Waals surface area contributed by atoms with Crippen molar-refractivity contribution in [2.45, 2.75) is 43.8 Å². The third kappa shape index (κ3) is 1.69. The van der Waals surface area contributed by atoms with E-state index in [-0.39, 0.29) is 5.82 Å². The summed E-state index contributed by atoms with van der Waals surface area (Å²) in [5.41, 5.74) is 2.58. The van der Waals surface area contributed by atoms with Gasteiger partial charge in [-0.1, -0.05) is 6.07 Å². The Morgan fingerprint density at radius 3 is 2.94 bits per heavy atom. The van der Waals surface area contributed by atoms with Gasteiger partial charge in [-0.25, -0.2) is 9.71 Å². The molecule has 2 saturated heterocycles. The van der Waals surface area contributed by atoms with E-state index in [9.17, 15) is 4.39 Å². The predicted octanol–water partition coefficient (Wildman–Crippen LogP) is 1.74. The fourth-order valence-corrected chi connectivity index (χ4v) is 3.94. The summed E-state index contributed by atoms with van der Waals surface area (Å²) in [7, 11) is 0. The quantitative estimate of drug-likeness (QED) is 0.737.